The van der Waals surface area contributed by atoms with E-state index in [1.54, 1.807) is 7.11 Å². The highest BCUT2D eigenvalue weighted by atomic mass is 32.1. The van der Waals surface area contributed by atoms with E-state index in [0.29, 0.717) is 5.94 Å². The van der Waals surface area contributed by atoms with E-state index >= 15 is 0 Å². The molecule has 2 nitrogen and oxygen atoms in total. The van der Waals surface area contributed by atoms with Gasteiger partial charge in [-0.1, -0.05) is 30.3 Å². The monoisotopic (exact) mass is 214 g/mol. The number of hydrogen-bond donors (Lipinski definition) is 1. The van der Waals surface area contributed by atoms with Crippen LogP contribution in [0.2, 0.25) is 6.55 Å². The summed E-state index contributed by atoms with van der Waals surface area (Å²) in [5, 5.41) is 1.13. The minimum absolute atomic E-state index is 0.394. The van der Waals surface area contributed by atoms with Gasteiger partial charge < -0.3 is 8.85 Å². The van der Waals surface area contributed by atoms with Crippen molar-refractivity contribution in [2.24, 2.45) is 0 Å². The van der Waals surface area contributed by atoms with Crippen LogP contribution in [-0.4, -0.2) is 21.6 Å². The first kappa shape index (κ1) is 10.8. The summed E-state index contributed by atoms with van der Waals surface area (Å²) < 4.78 is 11.0. The Morgan fingerprint density at radius 1 is 1.31 bits per heavy atom. The van der Waals surface area contributed by atoms with Crippen LogP contribution >= 0.6 is 12.6 Å². The van der Waals surface area contributed by atoms with E-state index in [9.17, 15) is 0 Å². The summed E-state index contributed by atoms with van der Waals surface area (Å²) in [6, 6.07) is 10.0. The third-order valence-electron chi connectivity index (χ3n) is 2.03. The fourth-order valence-electron chi connectivity index (χ4n) is 1.12. The number of thiol groups is 1. The van der Waals surface area contributed by atoms with Crippen LogP contribution in [-0.2, 0) is 8.85 Å². The van der Waals surface area contributed by atoms with Gasteiger partial charge in [0.15, 0.2) is 0 Å². The maximum absolute atomic E-state index is 5.55. The van der Waals surface area contributed by atoms with Crippen LogP contribution in [0, 0.1) is 0 Å². The average molecular weight is 214 g/mol. The standard InChI is InChI=1S/C9H14O2SSi/c1-10-13(2,11-8-12)9-6-4-3-5-7-9/h3-7,12H,8H2,1-2H3. The molecule has 0 amide bonds. The van der Waals surface area contributed by atoms with E-state index in [1.807, 2.05) is 36.9 Å². The Hall–Kier alpha value is -0.293. The zero-order chi connectivity index (χ0) is 9.73. The van der Waals surface area contributed by atoms with Gasteiger partial charge in [0.05, 0.1) is 5.94 Å². The highest BCUT2D eigenvalue weighted by Gasteiger charge is 2.32. The van der Waals surface area contributed by atoms with E-state index in [1.165, 1.54) is 0 Å². The summed E-state index contributed by atoms with van der Waals surface area (Å²) >= 11 is 4.05. The summed E-state index contributed by atoms with van der Waals surface area (Å²) in [6.07, 6.45) is 0. The van der Waals surface area contributed by atoms with Gasteiger partial charge in [0.25, 0.3) is 0 Å². The summed E-state index contributed by atoms with van der Waals surface area (Å²) in [6.45, 7) is 2.01. The molecule has 0 aliphatic heterocycles. The molecule has 0 aliphatic carbocycles. The second-order valence-corrected chi connectivity index (χ2v) is 6.21. The Bertz CT molecular complexity index is 255. The van der Waals surface area contributed by atoms with Gasteiger partial charge in [-0.3, -0.25) is 0 Å². The van der Waals surface area contributed by atoms with E-state index in [4.69, 9.17) is 8.85 Å². The molecule has 0 saturated heterocycles. The van der Waals surface area contributed by atoms with Crippen LogP contribution in [0.15, 0.2) is 30.3 Å². The van der Waals surface area contributed by atoms with E-state index in [-0.39, 0.29) is 0 Å². The zero-order valence-corrected chi connectivity index (χ0v) is 9.75. The molecule has 0 heterocycles. The molecule has 0 N–H and O–H groups in total. The van der Waals surface area contributed by atoms with E-state index in [0.717, 1.165) is 5.19 Å². The van der Waals surface area contributed by atoms with Gasteiger partial charge in [0.2, 0.25) is 0 Å². The van der Waals surface area contributed by atoms with Crippen LogP contribution in [0.5, 0.6) is 0 Å². The quantitative estimate of drug-likeness (QED) is 0.465. The van der Waals surface area contributed by atoms with Crippen molar-refractivity contribution in [2.45, 2.75) is 6.55 Å². The van der Waals surface area contributed by atoms with Gasteiger partial charge in [-0.15, -0.1) is 0 Å². The predicted octanol–water partition coefficient (Wildman–Crippen LogP) is 1.52. The average Bonchev–Trinajstić information content (AvgIpc) is 2.19. The van der Waals surface area contributed by atoms with Gasteiger partial charge in [0, 0.05) is 7.11 Å². The molecule has 0 aliphatic rings. The van der Waals surface area contributed by atoms with Crippen molar-refractivity contribution in [1.82, 2.24) is 0 Å². The number of benzene rings is 1. The fraction of sp³-hybridized carbons (Fsp3) is 0.333. The molecule has 0 spiro atoms. The normalized spacial score (nSPS) is 15.3. The molecule has 72 valence electrons. The van der Waals surface area contributed by atoms with Crippen LogP contribution in [0.1, 0.15) is 0 Å². The van der Waals surface area contributed by atoms with Crippen molar-refractivity contribution in [1.29, 1.82) is 0 Å². The van der Waals surface area contributed by atoms with Crippen LogP contribution in [0.3, 0.4) is 0 Å². The van der Waals surface area contributed by atoms with Crippen molar-refractivity contribution in [2.75, 3.05) is 13.0 Å². The molecule has 1 aromatic carbocycles. The highest BCUT2D eigenvalue weighted by molar-refractivity contribution is 7.80. The largest absolute Gasteiger partial charge is 0.394 e. The molecule has 4 heteroatoms. The third-order valence-corrected chi connectivity index (χ3v) is 5.26. The minimum Gasteiger partial charge on any atom is -0.394 e. The molecule has 1 unspecified atom stereocenters. The molecule has 0 radical (unpaired) electrons. The second-order valence-electron chi connectivity index (χ2n) is 2.79. The van der Waals surface area contributed by atoms with Crippen LogP contribution in [0.4, 0.5) is 0 Å². The first-order valence-electron chi connectivity index (χ1n) is 4.08. The van der Waals surface area contributed by atoms with Gasteiger partial charge >= 0.3 is 8.56 Å². The topological polar surface area (TPSA) is 18.5 Å². The summed E-state index contributed by atoms with van der Waals surface area (Å²) in [4.78, 5) is 0. The maximum Gasteiger partial charge on any atom is 0.369 e. The van der Waals surface area contributed by atoms with Crippen LogP contribution in [0.25, 0.3) is 0 Å². The predicted molar refractivity (Wildman–Crippen MR) is 59.6 cm³/mol. The molecular formula is C9H14O2SSi. The van der Waals surface area contributed by atoms with Gasteiger partial charge in [-0.2, -0.15) is 12.6 Å². The Morgan fingerprint density at radius 2 is 1.92 bits per heavy atom. The molecule has 1 rings (SSSR count). The molecule has 1 atom stereocenters. The highest BCUT2D eigenvalue weighted by Crippen LogP contribution is 2.06. The van der Waals surface area contributed by atoms with Crippen molar-refractivity contribution in [3.63, 3.8) is 0 Å². The molecular weight excluding hydrogens is 200 g/mol. The lowest BCUT2D eigenvalue weighted by atomic mass is 10.4. The second kappa shape index (κ2) is 4.81. The molecule has 0 aromatic heterocycles. The van der Waals surface area contributed by atoms with Crippen molar-refractivity contribution >= 4 is 26.4 Å². The lowest BCUT2D eigenvalue weighted by Gasteiger charge is -2.24. The lowest BCUT2D eigenvalue weighted by Crippen LogP contribution is -2.49. The van der Waals surface area contributed by atoms with Gasteiger partial charge in [-0.25, -0.2) is 0 Å². The minimum atomic E-state index is -2.18. The Morgan fingerprint density at radius 3 is 2.38 bits per heavy atom. The number of hydrogen-bond acceptors (Lipinski definition) is 3. The Kier molecular flexibility index (Phi) is 3.99. The SMILES string of the molecule is CO[Si](C)(OCS)c1ccccc1. The van der Waals surface area contributed by atoms with Gasteiger partial charge in [-0.05, 0) is 11.7 Å². The lowest BCUT2D eigenvalue weighted by molar-refractivity contribution is 0.256. The smallest absolute Gasteiger partial charge is 0.369 e. The molecule has 0 saturated carbocycles. The van der Waals surface area contributed by atoms with Crippen molar-refractivity contribution in [3.05, 3.63) is 30.3 Å². The Labute approximate surface area is 85.5 Å². The molecule has 0 fully saturated rings. The van der Waals surface area contributed by atoms with Crippen LogP contribution < -0.4 is 5.19 Å². The van der Waals surface area contributed by atoms with E-state index < -0.39 is 8.56 Å². The fourth-order valence-corrected chi connectivity index (χ4v) is 3.43. The van der Waals surface area contributed by atoms with Crippen molar-refractivity contribution < 1.29 is 8.85 Å². The molecule has 0 bridgehead atoms. The van der Waals surface area contributed by atoms with E-state index in [2.05, 4.69) is 12.6 Å². The first-order chi connectivity index (χ1) is 6.23. The van der Waals surface area contributed by atoms with Crippen molar-refractivity contribution in [3.8, 4) is 0 Å². The summed E-state index contributed by atoms with van der Waals surface area (Å²) in [5.41, 5.74) is 0. The Balaban J connectivity index is 2.89. The molecule has 13 heavy (non-hydrogen) atoms. The first-order valence-corrected chi connectivity index (χ1v) is 7.03. The van der Waals surface area contributed by atoms with Gasteiger partial charge in [0.1, 0.15) is 0 Å². The molecule has 1 aromatic rings. The summed E-state index contributed by atoms with van der Waals surface area (Å²) in [5.74, 6) is 0.394. The third kappa shape index (κ3) is 2.57. The summed E-state index contributed by atoms with van der Waals surface area (Å²) in [7, 11) is -0.493. The number of rotatable bonds is 4. The maximum atomic E-state index is 5.55. The zero-order valence-electron chi connectivity index (χ0n) is 7.86.